The Balaban J connectivity index is 2.22. The van der Waals surface area contributed by atoms with E-state index in [1.807, 2.05) is 0 Å². The van der Waals surface area contributed by atoms with Gasteiger partial charge in [0.2, 0.25) is 0 Å². The zero-order chi connectivity index (χ0) is 12.4. The minimum absolute atomic E-state index is 0.136. The Kier molecular flexibility index (Phi) is 3.69. The summed E-state index contributed by atoms with van der Waals surface area (Å²) >= 11 is 0. The minimum Gasteiger partial charge on any atom is -0.493 e. The van der Waals surface area contributed by atoms with Gasteiger partial charge in [-0.15, -0.1) is 0 Å². The van der Waals surface area contributed by atoms with Crippen molar-refractivity contribution in [3.8, 4) is 5.75 Å². The van der Waals surface area contributed by atoms with Gasteiger partial charge in [-0.05, 0) is 49.8 Å². The minimum atomic E-state index is -0.136. The maximum atomic E-state index is 6.03. The number of rotatable bonds is 5. The summed E-state index contributed by atoms with van der Waals surface area (Å²) in [6.07, 6.45) is 2.59. The van der Waals surface area contributed by atoms with Gasteiger partial charge in [-0.2, -0.15) is 0 Å². The van der Waals surface area contributed by atoms with Crippen LogP contribution in [0.1, 0.15) is 35.6 Å². The molecule has 1 fully saturated rings. The Morgan fingerprint density at radius 3 is 2.53 bits per heavy atom. The quantitative estimate of drug-likeness (QED) is 0.819. The number of ether oxygens (including phenoxy) is 1. The van der Waals surface area contributed by atoms with Crippen LogP contribution in [0.3, 0.4) is 0 Å². The van der Waals surface area contributed by atoms with E-state index in [1.165, 1.54) is 24.0 Å². The molecule has 94 valence electrons. The van der Waals surface area contributed by atoms with Gasteiger partial charge in [0.15, 0.2) is 0 Å². The monoisotopic (exact) mass is 234 g/mol. The third kappa shape index (κ3) is 2.99. The smallest absolute Gasteiger partial charge is 0.124 e. The van der Waals surface area contributed by atoms with Crippen molar-refractivity contribution in [2.45, 2.75) is 32.7 Å². The Morgan fingerprint density at radius 2 is 1.94 bits per heavy atom. The lowest BCUT2D eigenvalue weighted by atomic mass is 10.00. The second-order valence-corrected chi connectivity index (χ2v) is 5.07. The Bertz CT molecular complexity index is 399. The highest BCUT2D eigenvalue weighted by Gasteiger charge is 2.23. The molecule has 0 heterocycles. The van der Waals surface area contributed by atoms with Crippen molar-refractivity contribution in [3.05, 3.63) is 28.8 Å². The first-order valence-electron chi connectivity index (χ1n) is 6.31. The Morgan fingerprint density at radius 1 is 1.29 bits per heavy atom. The molecule has 2 rings (SSSR count). The predicted molar refractivity (Wildman–Crippen MR) is 70.1 cm³/mol. The molecule has 0 amide bonds. The van der Waals surface area contributed by atoms with Crippen LogP contribution < -0.4 is 16.2 Å². The first-order valence-corrected chi connectivity index (χ1v) is 6.31. The van der Waals surface area contributed by atoms with Gasteiger partial charge >= 0.3 is 0 Å². The summed E-state index contributed by atoms with van der Waals surface area (Å²) in [5.41, 5.74) is 15.2. The van der Waals surface area contributed by atoms with Gasteiger partial charge in [-0.25, -0.2) is 0 Å². The van der Waals surface area contributed by atoms with E-state index in [-0.39, 0.29) is 6.04 Å². The summed E-state index contributed by atoms with van der Waals surface area (Å²) in [4.78, 5) is 0. The summed E-state index contributed by atoms with van der Waals surface area (Å²) in [5.74, 6) is 1.66. The fraction of sp³-hybridized carbons (Fsp3) is 0.571. The van der Waals surface area contributed by atoms with E-state index < -0.39 is 0 Å². The molecule has 4 N–H and O–H groups in total. The van der Waals surface area contributed by atoms with Crippen LogP contribution >= 0.6 is 0 Å². The number of hydrogen-bond acceptors (Lipinski definition) is 3. The van der Waals surface area contributed by atoms with Gasteiger partial charge in [-0.3, -0.25) is 0 Å². The van der Waals surface area contributed by atoms with Crippen LogP contribution in [-0.2, 0) is 0 Å². The van der Waals surface area contributed by atoms with Crippen molar-refractivity contribution in [2.75, 3.05) is 13.2 Å². The summed E-state index contributed by atoms with van der Waals surface area (Å²) < 4.78 is 5.88. The average molecular weight is 234 g/mol. The first kappa shape index (κ1) is 12.4. The molecule has 0 bridgehead atoms. The lowest BCUT2D eigenvalue weighted by Gasteiger charge is -2.18. The zero-order valence-corrected chi connectivity index (χ0v) is 10.7. The standard InChI is InChI=1S/C14H22N2O/c1-9-5-12(13(16)7-15)14(6-10(9)2)17-8-11-3-4-11/h5-6,11,13H,3-4,7-8,15-16H2,1-2H3. The highest BCUT2D eigenvalue weighted by atomic mass is 16.5. The van der Waals surface area contributed by atoms with Crippen molar-refractivity contribution < 1.29 is 4.74 Å². The molecular formula is C14H22N2O. The molecular weight excluding hydrogens is 212 g/mol. The topological polar surface area (TPSA) is 61.3 Å². The molecule has 1 aliphatic rings. The molecule has 0 radical (unpaired) electrons. The molecule has 1 saturated carbocycles. The molecule has 0 aromatic heterocycles. The molecule has 1 aromatic rings. The molecule has 1 aromatic carbocycles. The van der Waals surface area contributed by atoms with Crippen LogP contribution in [0, 0.1) is 19.8 Å². The van der Waals surface area contributed by atoms with Crippen LogP contribution in [0.4, 0.5) is 0 Å². The lowest BCUT2D eigenvalue weighted by molar-refractivity contribution is 0.295. The van der Waals surface area contributed by atoms with Crippen molar-refractivity contribution in [3.63, 3.8) is 0 Å². The summed E-state index contributed by atoms with van der Waals surface area (Å²) in [7, 11) is 0. The third-order valence-corrected chi connectivity index (χ3v) is 3.45. The van der Waals surface area contributed by atoms with Crippen LogP contribution in [0.15, 0.2) is 12.1 Å². The van der Waals surface area contributed by atoms with E-state index in [2.05, 4.69) is 26.0 Å². The van der Waals surface area contributed by atoms with Crippen LogP contribution in [0.25, 0.3) is 0 Å². The van der Waals surface area contributed by atoms with E-state index in [9.17, 15) is 0 Å². The van der Waals surface area contributed by atoms with Crippen molar-refractivity contribution >= 4 is 0 Å². The summed E-state index contributed by atoms with van der Waals surface area (Å²) in [6, 6.07) is 4.06. The largest absolute Gasteiger partial charge is 0.493 e. The van der Waals surface area contributed by atoms with Gasteiger partial charge in [-0.1, -0.05) is 6.07 Å². The molecule has 1 aliphatic carbocycles. The molecule has 3 heteroatoms. The highest BCUT2D eigenvalue weighted by Crippen LogP contribution is 2.32. The second kappa shape index (κ2) is 5.07. The molecule has 0 aliphatic heterocycles. The van der Waals surface area contributed by atoms with Gasteiger partial charge in [0, 0.05) is 18.2 Å². The first-order chi connectivity index (χ1) is 8.11. The van der Waals surface area contributed by atoms with E-state index in [0.29, 0.717) is 6.54 Å². The SMILES string of the molecule is Cc1cc(OCC2CC2)c(C(N)CN)cc1C. The number of hydrogen-bond donors (Lipinski definition) is 2. The van der Waals surface area contributed by atoms with E-state index in [1.54, 1.807) is 0 Å². The average Bonchev–Trinajstić information content (AvgIpc) is 3.13. The van der Waals surface area contributed by atoms with Crippen molar-refractivity contribution in [2.24, 2.45) is 17.4 Å². The predicted octanol–water partition coefficient (Wildman–Crippen LogP) is 2.05. The number of aryl methyl sites for hydroxylation is 2. The molecule has 1 atom stereocenters. The number of nitrogens with two attached hydrogens (primary N) is 2. The van der Waals surface area contributed by atoms with E-state index in [4.69, 9.17) is 16.2 Å². The third-order valence-electron chi connectivity index (χ3n) is 3.45. The normalized spacial score (nSPS) is 16.9. The molecule has 3 nitrogen and oxygen atoms in total. The molecule has 0 spiro atoms. The van der Waals surface area contributed by atoms with E-state index >= 15 is 0 Å². The Labute approximate surface area is 103 Å². The zero-order valence-electron chi connectivity index (χ0n) is 10.7. The molecule has 0 saturated heterocycles. The maximum Gasteiger partial charge on any atom is 0.124 e. The van der Waals surface area contributed by atoms with Crippen LogP contribution in [0.5, 0.6) is 5.75 Å². The summed E-state index contributed by atoms with van der Waals surface area (Å²) in [5, 5.41) is 0. The molecule has 1 unspecified atom stereocenters. The summed E-state index contributed by atoms with van der Waals surface area (Å²) in [6.45, 7) is 5.44. The van der Waals surface area contributed by atoms with Gasteiger partial charge < -0.3 is 16.2 Å². The van der Waals surface area contributed by atoms with Crippen LogP contribution in [-0.4, -0.2) is 13.2 Å². The second-order valence-electron chi connectivity index (χ2n) is 5.07. The van der Waals surface area contributed by atoms with Gasteiger partial charge in [0.25, 0.3) is 0 Å². The fourth-order valence-corrected chi connectivity index (χ4v) is 1.85. The van der Waals surface area contributed by atoms with Crippen molar-refractivity contribution in [1.82, 2.24) is 0 Å². The number of benzene rings is 1. The Hall–Kier alpha value is -1.06. The highest BCUT2D eigenvalue weighted by molar-refractivity contribution is 5.43. The van der Waals surface area contributed by atoms with E-state index in [0.717, 1.165) is 23.8 Å². The van der Waals surface area contributed by atoms with Gasteiger partial charge in [0.1, 0.15) is 5.75 Å². The fourth-order valence-electron chi connectivity index (χ4n) is 1.85. The molecule has 17 heavy (non-hydrogen) atoms. The van der Waals surface area contributed by atoms with Crippen LogP contribution in [0.2, 0.25) is 0 Å². The van der Waals surface area contributed by atoms with Gasteiger partial charge in [0.05, 0.1) is 6.61 Å². The van der Waals surface area contributed by atoms with Crippen molar-refractivity contribution in [1.29, 1.82) is 0 Å². The lowest BCUT2D eigenvalue weighted by Crippen LogP contribution is -2.22. The maximum absolute atomic E-state index is 6.03.